The van der Waals surface area contributed by atoms with Gasteiger partial charge in [0.15, 0.2) is 5.62 Å². The van der Waals surface area contributed by atoms with Crippen LogP contribution in [0.4, 0.5) is 0 Å². The molecule has 64 valence electrons. The van der Waals surface area contributed by atoms with Crippen molar-refractivity contribution in [1.82, 2.24) is 10.6 Å². The van der Waals surface area contributed by atoms with Crippen molar-refractivity contribution in [3.8, 4) is 0 Å². The summed E-state index contributed by atoms with van der Waals surface area (Å²) in [6, 6.07) is 0. The largest absolute Gasteiger partial charge is 0.361 e. The third-order valence-corrected chi connectivity index (χ3v) is 2.32. The zero-order chi connectivity index (χ0) is 8.27. The maximum Gasteiger partial charge on any atom is 0.155 e. The first-order chi connectivity index (χ1) is 5.24. The van der Waals surface area contributed by atoms with E-state index in [0.29, 0.717) is 5.92 Å². The van der Waals surface area contributed by atoms with E-state index in [1.54, 1.807) is 0 Å². The van der Waals surface area contributed by atoms with Gasteiger partial charge in [-0.15, -0.1) is 0 Å². The highest BCUT2D eigenvalue weighted by Crippen LogP contribution is 2.13. The van der Waals surface area contributed by atoms with Crippen LogP contribution in [0.25, 0.3) is 0 Å². The lowest BCUT2D eigenvalue weighted by Crippen LogP contribution is -2.42. The molecule has 0 bridgehead atoms. The van der Waals surface area contributed by atoms with E-state index in [1.807, 2.05) is 0 Å². The van der Waals surface area contributed by atoms with E-state index in [-0.39, 0.29) is 5.62 Å². The number of alkyl halides is 1. The highest BCUT2D eigenvalue weighted by molar-refractivity contribution is 6.20. The molecule has 2 nitrogen and oxygen atoms in total. The number of halogens is 1. The van der Waals surface area contributed by atoms with Crippen molar-refractivity contribution in [2.45, 2.75) is 25.9 Å². The summed E-state index contributed by atoms with van der Waals surface area (Å²) in [6.07, 6.45) is 3.31. The Kier molecular flexibility index (Phi) is 3.21. The van der Waals surface area contributed by atoms with Crippen molar-refractivity contribution in [3.63, 3.8) is 0 Å². The van der Waals surface area contributed by atoms with Crippen LogP contribution >= 0.6 is 11.6 Å². The second kappa shape index (κ2) is 3.98. The molecule has 0 spiro atoms. The molecule has 0 radical (unpaired) electrons. The zero-order valence-corrected chi connectivity index (χ0v) is 7.78. The Morgan fingerprint density at radius 1 is 1.82 bits per heavy atom. The van der Waals surface area contributed by atoms with Gasteiger partial charge < -0.3 is 5.32 Å². The first kappa shape index (κ1) is 8.88. The predicted octanol–water partition coefficient (Wildman–Crippen LogP) is 1.63. The summed E-state index contributed by atoms with van der Waals surface area (Å²) in [4.78, 5) is 0. The third kappa shape index (κ3) is 2.38. The predicted molar refractivity (Wildman–Crippen MR) is 48.3 cm³/mol. The molecule has 0 aromatic heterocycles. The standard InChI is InChI=1S/C8H15ClN2/c1-3-6(2)7-4-5-10-8(9)11-7/h4,6,8,10-11H,3,5H2,1-2H3. The highest BCUT2D eigenvalue weighted by Gasteiger charge is 2.13. The Morgan fingerprint density at radius 3 is 3.09 bits per heavy atom. The van der Waals surface area contributed by atoms with E-state index >= 15 is 0 Å². The van der Waals surface area contributed by atoms with E-state index in [9.17, 15) is 0 Å². The SMILES string of the molecule is CCC(C)C1=CCNC(Cl)N1. The molecule has 1 aliphatic rings. The molecule has 0 saturated heterocycles. The third-order valence-electron chi connectivity index (χ3n) is 2.06. The van der Waals surface area contributed by atoms with Gasteiger partial charge in [0.1, 0.15) is 0 Å². The Morgan fingerprint density at radius 2 is 2.55 bits per heavy atom. The van der Waals surface area contributed by atoms with E-state index in [0.717, 1.165) is 13.0 Å². The molecule has 11 heavy (non-hydrogen) atoms. The molecule has 1 heterocycles. The van der Waals surface area contributed by atoms with Gasteiger partial charge in [-0.25, -0.2) is 0 Å². The number of nitrogens with one attached hydrogen (secondary N) is 2. The lowest BCUT2D eigenvalue weighted by molar-refractivity contribution is 0.506. The zero-order valence-electron chi connectivity index (χ0n) is 7.02. The smallest absolute Gasteiger partial charge is 0.155 e. The summed E-state index contributed by atoms with van der Waals surface area (Å²) < 4.78 is 0. The van der Waals surface area contributed by atoms with Gasteiger partial charge in [-0.3, -0.25) is 5.32 Å². The van der Waals surface area contributed by atoms with E-state index < -0.39 is 0 Å². The maximum atomic E-state index is 5.85. The Bertz CT molecular complexity index is 156. The summed E-state index contributed by atoms with van der Waals surface area (Å²) in [6.45, 7) is 5.26. The van der Waals surface area contributed by atoms with Crippen LogP contribution < -0.4 is 10.6 Å². The number of allylic oxidation sites excluding steroid dienone is 1. The van der Waals surface area contributed by atoms with Gasteiger partial charge >= 0.3 is 0 Å². The summed E-state index contributed by atoms with van der Waals surface area (Å²) in [7, 11) is 0. The molecule has 0 aliphatic carbocycles. The second-order valence-electron chi connectivity index (χ2n) is 2.88. The maximum absolute atomic E-state index is 5.85. The van der Waals surface area contributed by atoms with Gasteiger partial charge in [0.05, 0.1) is 0 Å². The van der Waals surface area contributed by atoms with Crippen LogP contribution in [0.15, 0.2) is 11.8 Å². The van der Waals surface area contributed by atoms with Gasteiger partial charge in [0.25, 0.3) is 0 Å². The summed E-state index contributed by atoms with van der Waals surface area (Å²) in [5.74, 6) is 0.596. The van der Waals surface area contributed by atoms with Crippen molar-refractivity contribution >= 4 is 11.6 Å². The van der Waals surface area contributed by atoms with Crippen LogP contribution in [0.3, 0.4) is 0 Å². The number of hydrogen-bond donors (Lipinski definition) is 2. The summed E-state index contributed by atoms with van der Waals surface area (Å²) >= 11 is 5.85. The van der Waals surface area contributed by atoms with Crippen LogP contribution in [0.1, 0.15) is 20.3 Å². The van der Waals surface area contributed by atoms with E-state index in [4.69, 9.17) is 11.6 Å². The highest BCUT2D eigenvalue weighted by atomic mass is 35.5. The average Bonchev–Trinajstić information content (AvgIpc) is 2.03. The Balaban J connectivity index is 2.50. The molecule has 2 atom stereocenters. The van der Waals surface area contributed by atoms with Gasteiger partial charge in [-0.1, -0.05) is 31.5 Å². The lowest BCUT2D eigenvalue weighted by Gasteiger charge is -2.25. The van der Waals surface area contributed by atoms with Crippen LogP contribution in [-0.2, 0) is 0 Å². The van der Waals surface area contributed by atoms with Crippen molar-refractivity contribution in [1.29, 1.82) is 0 Å². The molecular formula is C8H15ClN2. The van der Waals surface area contributed by atoms with Gasteiger partial charge in [-0.05, 0) is 12.3 Å². The van der Waals surface area contributed by atoms with Crippen LogP contribution in [0, 0.1) is 5.92 Å². The molecule has 0 amide bonds. The van der Waals surface area contributed by atoms with Gasteiger partial charge in [0, 0.05) is 12.2 Å². The topological polar surface area (TPSA) is 24.1 Å². The lowest BCUT2D eigenvalue weighted by atomic mass is 10.0. The summed E-state index contributed by atoms with van der Waals surface area (Å²) in [5, 5.41) is 6.25. The fourth-order valence-electron chi connectivity index (χ4n) is 1.09. The number of hydrogen-bond acceptors (Lipinski definition) is 2. The molecule has 0 saturated carbocycles. The Labute approximate surface area is 73.0 Å². The minimum atomic E-state index is -0.0935. The van der Waals surface area contributed by atoms with Crippen LogP contribution in [0.2, 0.25) is 0 Å². The minimum Gasteiger partial charge on any atom is -0.361 e. The van der Waals surface area contributed by atoms with E-state index in [1.165, 1.54) is 5.70 Å². The molecule has 2 unspecified atom stereocenters. The summed E-state index contributed by atoms with van der Waals surface area (Å²) in [5.41, 5.74) is 1.18. The molecule has 0 aromatic rings. The molecular weight excluding hydrogens is 160 g/mol. The fraction of sp³-hybridized carbons (Fsp3) is 0.750. The molecule has 0 aromatic carbocycles. The molecule has 1 aliphatic heterocycles. The molecule has 1 rings (SSSR count). The van der Waals surface area contributed by atoms with Crippen LogP contribution in [0.5, 0.6) is 0 Å². The molecule has 3 heteroatoms. The Hall–Kier alpha value is -0.210. The molecule has 0 fully saturated rings. The first-order valence-corrected chi connectivity index (χ1v) is 4.51. The van der Waals surface area contributed by atoms with Crippen molar-refractivity contribution in [2.75, 3.05) is 6.54 Å². The monoisotopic (exact) mass is 174 g/mol. The fourth-order valence-corrected chi connectivity index (χ4v) is 1.31. The van der Waals surface area contributed by atoms with Gasteiger partial charge in [0.2, 0.25) is 0 Å². The second-order valence-corrected chi connectivity index (χ2v) is 3.32. The van der Waals surface area contributed by atoms with Crippen LogP contribution in [-0.4, -0.2) is 12.2 Å². The normalized spacial score (nSPS) is 27.2. The average molecular weight is 175 g/mol. The van der Waals surface area contributed by atoms with Crippen molar-refractivity contribution in [2.24, 2.45) is 5.92 Å². The first-order valence-electron chi connectivity index (χ1n) is 4.08. The number of rotatable bonds is 2. The minimum absolute atomic E-state index is 0.0935. The van der Waals surface area contributed by atoms with Crippen molar-refractivity contribution in [3.05, 3.63) is 11.8 Å². The quantitative estimate of drug-likeness (QED) is 0.491. The van der Waals surface area contributed by atoms with E-state index in [2.05, 4.69) is 30.6 Å². The van der Waals surface area contributed by atoms with Gasteiger partial charge in [-0.2, -0.15) is 0 Å². The molecule has 2 N–H and O–H groups in total. The van der Waals surface area contributed by atoms with Crippen molar-refractivity contribution < 1.29 is 0 Å².